The number of allylic oxidation sites excluding steroid dienone is 1. The Balaban J connectivity index is 1.68. The van der Waals surface area contributed by atoms with Crippen LogP contribution in [0.25, 0.3) is 10.8 Å². The molecule has 3 aromatic carbocycles. The zero-order valence-corrected chi connectivity index (χ0v) is 15.6. The van der Waals surface area contributed by atoms with Crippen LogP contribution in [0.1, 0.15) is 10.4 Å². The fourth-order valence-corrected chi connectivity index (χ4v) is 3.52. The van der Waals surface area contributed by atoms with Crippen molar-refractivity contribution in [3.8, 4) is 0 Å². The number of benzene rings is 3. The third-order valence-corrected chi connectivity index (χ3v) is 5.33. The fourth-order valence-electron chi connectivity index (χ4n) is 2.60. The summed E-state index contributed by atoms with van der Waals surface area (Å²) < 4.78 is 25.9. The quantitative estimate of drug-likeness (QED) is 0.210. The molecule has 3 aromatic rings. The molecule has 0 unspecified atom stereocenters. The van der Waals surface area contributed by atoms with Crippen molar-refractivity contribution in [1.82, 2.24) is 0 Å². The van der Waals surface area contributed by atoms with Crippen LogP contribution in [0, 0.1) is 0 Å². The van der Waals surface area contributed by atoms with Gasteiger partial charge in [-0.15, -0.1) is 0 Å². The number of nitrogens with one attached hydrogen (secondary N) is 2. The van der Waals surface area contributed by atoms with Crippen molar-refractivity contribution in [1.29, 1.82) is 0 Å². The summed E-state index contributed by atoms with van der Waals surface area (Å²) in [6, 6.07) is 19.3. The summed E-state index contributed by atoms with van der Waals surface area (Å²) in [4.78, 5) is 12.3. The smallest absolute Gasteiger partial charge is 0.353 e. The number of carbonyl (C=O) groups is 1. The molecule has 0 spiro atoms. The maximum Gasteiger partial charge on any atom is 0.353 e. The summed E-state index contributed by atoms with van der Waals surface area (Å²) >= 11 is 0. The second-order valence-electron chi connectivity index (χ2n) is 5.99. The average Bonchev–Trinajstić information content (AvgIpc) is 2.67. The van der Waals surface area contributed by atoms with Crippen molar-refractivity contribution in [2.45, 2.75) is 4.90 Å². The molecular formula is C20H19N4O3S+. The van der Waals surface area contributed by atoms with E-state index in [9.17, 15) is 13.2 Å². The number of carbonyl (C=O) groups excluding carboxylic acids is 1. The summed E-state index contributed by atoms with van der Waals surface area (Å²) in [6.07, 6.45) is 2.92. The lowest BCUT2D eigenvalue weighted by atomic mass is 10.0. The van der Waals surface area contributed by atoms with E-state index in [-0.39, 0.29) is 10.7 Å². The molecule has 0 bridgehead atoms. The minimum atomic E-state index is -3.80. The van der Waals surface area contributed by atoms with Gasteiger partial charge in [0.25, 0.3) is 0 Å². The molecule has 28 heavy (non-hydrogen) atoms. The third-order valence-electron chi connectivity index (χ3n) is 3.94. The minimum absolute atomic E-state index is 0.0164. The van der Waals surface area contributed by atoms with E-state index in [0.29, 0.717) is 11.3 Å². The normalized spacial score (nSPS) is 11.4. The highest BCUT2D eigenvalue weighted by molar-refractivity contribution is 7.84. The number of fused-ring (bicyclic) bond motifs is 1. The van der Waals surface area contributed by atoms with Gasteiger partial charge in [-0.3, -0.25) is 16.3 Å². The summed E-state index contributed by atoms with van der Waals surface area (Å²) in [6.45, 7) is 0. The van der Waals surface area contributed by atoms with Gasteiger partial charge >= 0.3 is 16.0 Å². The Kier molecular flexibility index (Phi) is 5.42. The molecule has 0 saturated carbocycles. The molecule has 0 saturated heterocycles. The lowest BCUT2D eigenvalue weighted by Crippen LogP contribution is -2.80. The van der Waals surface area contributed by atoms with E-state index in [4.69, 9.17) is 11.5 Å². The number of guanidine groups is 1. The Morgan fingerprint density at radius 2 is 1.61 bits per heavy atom. The fraction of sp³-hybridized carbons (Fsp3) is 0. The molecule has 8 heteroatoms. The van der Waals surface area contributed by atoms with E-state index < -0.39 is 16.0 Å². The molecular weight excluding hydrogens is 376 g/mol. The van der Waals surface area contributed by atoms with Crippen molar-refractivity contribution in [2.75, 3.05) is 5.32 Å². The summed E-state index contributed by atoms with van der Waals surface area (Å²) in [7, 11) is -3.80. The van der Waals surface area contributed by atoms with Crippen molar-refractivity contribution < 1.29 is 17.6 Å². The SMILES string of the molecule is NC(N)=[NH+]S(=O)(=O)c1ccc(N/C=C\C(=O)c2ccc3ccccc3c2)cc1. The van der Waals surface area contributed by atoms with Crippen molar-refractivity contribution in [3.05, 3.63) is 84.6 Å². The Morgan fingerprint density at radius 1 is 0.929 bits per heavy atom. The van der Waals surface area contributed by atoms with Crippen LogP contribution in [0.15, 0.2) is 83.9 Å². The van der Waals surface area contributed by atoms with Crippen LogP contribution in [0.5, 0.6) is 0 Å². The molecule has 0 radical (unpaired) electrons. The van der Waals surface area contributed by atoms with Crippen LogP contribution >= 0.6 is 0 Å². The minimum Gasteiger partial charge on any atom is -0.362 e. The third kappa shape index (κ3) is 4.54. The Morgan fingerprint density at radius 3 is 2.29 bits per heavy atom. The molecule has 0 heterocycles. The highest BCUT2D eigenvalue weighted by Crippen LogP contribution is 2.16. The van der Waals surface area contributed by atoms with Crippen LogP contribution in [-0.4, -0.2) is 20.2 Å². The second-order valence-corrected chi connectivity index (χ2v) is 7.67. The van der Waals surface area contributed by atoms with Crippen molar-refractivity contribution >= 4 is 38.2 Å². The van der Waals surface area contributed by atoms with Crippen LogP contribution in [0.2, 0.25) is 0 Å². The van der Waals surface area contributed by atoms with E-state index in [0.717, 1.165) is 10.8 Å². The van der Waals surface area contributed by atoms with Gasteiger partial charge in [0.1, 0.15) is 4.90 Å². The Bertz CT molecular complexity index is 1180. The number of ketones is 1. The monoisotopic (exact) mass is 395 g/mol. The maximum atomic E-state index is 12.3. The predicted molar refractivity (Wildman–Crippen MR) is 109 cm³/mol. The van der Waals surface area contributed by atoms with Gasteiger partial charge in [-0.25, -0.2) is 0 Å². The molecule has 142 valence electrons. The van der Waals surface area contributed by atoms with Gasteiger partial charge in [0.2, 0.25) is 0 Å². The molecule has 0 aromatic heterocycles. The van der Waals surface area contributed by atoms with E-state index in [2.05, 4.69) is 5.32 Å². The Hall–Kier alpha value is -3.65. The summed E-state index contributed by atoms with van der Waals surface area (Å²) in [5.74, 6) is -0.548. The average molecular weight is 395 g/mol. The highest BCUT2D eigenvalue weighted by Gasteiger charge is 2.14. The zero-order chi connectivity index (χ0) is 20.1. The first-order valence-corrected chi connectivity index (χ1v) is 9.80. The van der Waals surface area contributed by atoms with Crippen molar-refractivity contribution in [3.63, 3.8) is 0 Å². The molecule has 0 aliphatic heterocycles. The number of anilines is 1. The van der Waals surface area contributed by atoms with Crippen LogP contribution in [-0.2, 0) is 10.0 Å². The molecule has 6 N–H and O–H groups in total. The molecule has 3 rings (SSSR count). The molecule has 0 fully saturated rings. The predicted octanol–water partition coefficient (Wildman–Crippen LogP) is 0.691. The zero-order valence-electron chi connectivity index (χ0n) is 14.8. The topological polar surface area (TPSA) is 129 Å². The van der Waals surface area contributed by atoms with Gasteiger partial charge in [-0.1, -0.05) is 36.4 Å². The largest absolute Gasteiger partial charge is 0.362 e. The van der Waals surface area contributed by atoms with Crippen molar-refractivity contribution in [2.24, 2.45) is 11.5 Å². The van der Waals surface area contributed by atoms with Gasteiger partial charge < -0.3 is 5.32 Å². The van der Waals surface area contributed by atoms with E-state index in [1.54, 1.807) is 18.2 Å². The number of sulfonamides is 1. The highest BCUT2D eigenvalue weighted by atomic mass is 32.2. The molecule has 0 amide bonds. The van der Waals surface area contributed by atoms with Gasteiger partial charge in [0, 0.05) is 23.5 Å². The van der Waals surface area contributed by atoms with Crippen LogP contribution in [0.4, 0.5) is 5.69 Å². The molecule has 0 atom stereocenters. The number of hydrogen-bond acceptors (Lipinski definition) is 4. The summed E-state index contributed by atoms with van der Waals surface area (Å²) in [5, 5.41) is 5.00. The lowest BCUT2D eigenvalue weighted by Gasteiger charge is -2.03. The van der Waals surface area contributed by atoms with Crippen LogP contribution in [0.3, 0.4) is 0 Å². The molecule has 0 aliphatic rings. The van der Waals surface area contributed by atoms with Gasteiger partial charge in [-0.05, 0) is 41.1 Å². The lowest BCUT2D eigenvalue weighted by molar-refractivity contribution is -0.270. The second kappa shape index (κ2) is 7.93. The number of rotatable bonds is 6. The number of hydrogen-bond donors (Lipinski definition) is 4. The first-order chi connectivity index (χ1) is 13.3. The van der Waals surface area contributed by atoms with E-state index in [1.807, 2.05) is 40.8 Å². The van der Waals surface area contributed by atoms with E-state index >= 15 is 0 Å². The number of nitrogens with two attached hydrogens (primary N) is 2. The standard InChI is InChI=1S/C20H18N4O3S/c21-20(22)24-28(26,27)18-9-7-17(8-10-18)23-12-11-19(25)16-6-5-14-3-1-2-4-15(14)13-16/h1-13,23H,(H4,21,22,24)/p+1/b12-11-. The Labute approximate surface area is 162 Å². The summed E-state index contributed by atoms with van der Waals surface area (Å²) in [5.41, 5.74) is 11.5. The van der Waals surface area contributed by atoms with E-state index in [1.165, 1.54) is 24.4 Å². The first-order valence-electron chi connectivity index (χ1n) is 8.32. The first kappa shape index (κ1) is 19.1. The van der Waals surface area contributed by atoms with Gasteiger partial charge in [0.05, 0.1) is 0 Å². The molecule has 0 aliphatic carbocycles. The van der Waals surface area contributed by atoms with Gasteiger partial charge in [0.15, 0.2) is 5.78 Å². The molecule has 7 nitrogen and oxygen atoms in total. The van der Waals surface area contributed by atoms with Gasteiger partial charge in [-0.2, -0.15) is 12.8 Å². The maximum absolute atomic E-state index is 12.3. The van der Waals surface area contributed by atoms with Crippen LogP contribution < -0.4 is 21.2 Å².